The molecule has 0 atom stereocenters. The Morgan fingerprint density at radius 1 is 0.684 bits per heavy atom. The third-order valence-electron chi connectivity index (χ3n) is 2.66. The van der Waals surface area contributed by atoms with Gasteiger partial charge in [-0.1, -0.05) is 73.8 Å². The highest BCUT2D eigenvalue weighted by molar-refractivity contribution is 6.22. The van der Waals surface area contributed by atoms with Crippen LogP contribution < -0.4 is 0 Å². The lowest BCUT2D eigenvalue weighted by Crippen LogP contribution is -2.02. The second-order valence-electron chi connectivity index (χ2n) is 3.98. The van der Waals surface area contributed by atoms with E-state index >= 15 is 0 Å². The van der Waals surface area contributed by atoms with Crippen LogP contribution in [0.5, 0.6) is 0 Å². The van der Waals surface area contributed by atoms with E-state index in [9.17, 15) is 0 Å². The molecule has 0 saturated carbocycles. The molecule has 0 aliphatic rings. The van der Waals surface area contributed by atoms with Crippen molar-refractivity contribution in [2.75, 3.05) is 0 Å². The summed E-state index contributed by atoms with van der Waals surface area (Å²) in [5.74, 6) is 1.17. The van der Waals surface area contributed by atoms with Gasteiger partial charge in [-0.05, 0) is 0 Å². The first-order valence-electron chi connectivity index (χ1n) is 6.01. The molecule has 0 N–H and O–H groups in total. The van der Waals surface area contributed by atoms with Gasteiger partial charge in [0.15, 0.2) is 0 Å². The van der Waals surface area contributed by atoms with Crippen LogP contribution in [0.1, 0.15) is 11.1 Å². The van der Waals surface area contributed by atoms with Gasteiger partial charge in [0.25, 0.3) is 0 Å². The SMILES string of the molecule is C=C(OBOC(=C)c1ccccc1)c1ccccc1. The summed E-state index contributed by atoms with van der Waals surface area (Å²) >= 11 is 0. The molecule has 0 aromatic heterocycles. The van der Waals surface area contributed by atoms with E-state index in [4.69, 9.17) is 9.31 Å². The first kappa shape index (κ1) is 13.0. The molecule has 0 bridgehead atoms. The van der Waals surface area contributed by atoms with E-state index in [1.165, 1.54) is 0 Å². The van der Waals surface area contributed by atoms with Crippen molar-refractivity contribution < 1.29 is 9.31 Å². The lowest BCUT2D eigenvalue weighted by molar-refractivity contribution is 0.413. The average molecular weight is 250 g/mol. The topological polar surface area (TPSA) is 18.5 Å². The lowest BCUT2D eigenvalue weighted by atomic mass is 10.2. The Kier molecular flexibility index (Phi) is 4.46. The zero-order valence-corrected chi connectivity index (χ0v) is 10.7. The van der Waals surface area contributed by atoms with Gasteiger partial charge in [-0.2, -0.15) is 0 Å². The second kappa shape index (κ2) is 6.50. The maximum Gasteiger partial charge on any atom is 0.576 e. The standard InChI is InChI=1S/C16H15BO2/c1-13(15-9-5-3-6-10-15)18-17-19-14(2)16-11-7-4-8-12-16/h3-12,17H,1-2H2. The van der Waals surface area contributed by atoms with Crippen molar-refractivity contribution in [3.8, 4) is 0 Å². The van der Waals surface area contributed by atoms with Crippen LogP contribution in [0, 0.1) is 0 Å². The number of hydrogen-bond acceptors (Lipinski definition) is 2. The van der Waals surface area contributed by atoms with Crippen LogP contribution in [0.15, 0.2) is 73.8 Å². The third-order valence-corrected chi connectivity index (χ3v) is 2.66. The minimum absolute atomic E-state index is 0.0987. The summed E-state index contributed by atoms with van der Waals surface area (Å²) in [6.45, 7) is 7.73. The van der Waals surface area contributed by atoms with Gasteiger partial charge in [0, 0.05) is 11.1 Å². The Labute approximate surface area is 114 Å². The Morgan fingerprint density at radius 2 is 1.05 bits per heavy atom. The van der Waals surface area contributed by atoms with Crippen LogP contribution in [0.2, 0.25) is 0 Å². The normalized spacial score (nSPS) is 9.47. The van der Waals surface area contributed by atoms with E-state index in [0.717, 1.165) is 11.1 Å². The second-order valence-corrected chi connectivity index (χ2v) is 3.98. The molecule has 0 radical (unpaired) electrons. The van der Waals surface area contributed by atoms with Gasteiger partial charge >= 0.3 is 7.69 Å². The predicted octanol–water partition coefficient (Wildman–Crippen LogP) is 3.63. The van der Waals surface area contributed by atoms with Crippen LogP contribution in [0.25, 0.3) is 11.5 Å². The summed E-state index contributed by atoms with van der Waals surface area (Å²) in [6.07, 6.45) is 0. The van der Waals surface area contributed by atoms with Crippen molar-refractivity contribution in [1.82, 2.24) is 0 Å². The first-order valence-corrected chi connectivity index (χ1v) is 6.01. The zero-order chi connectivity index (χ0) is 13.5. The van der Waals surface area contributed by atoms with Crippen molar-refractivity contribution >= 4 is 19.2 Å². The highest BCUT2D eigenvalue weighted by Gasteiger charge is 2.04. The molecular weight excluding hydrogens is 235 g/mol. The van der Waals surface area contributed by atoms with Crippen LogP contribution >= 0.6 is 0 Å². The van der Waals surface area contributed by atoms with E-state index in [1.807, 2.05) is 60.7 Å². The molecular formula is C16H15BO2. The number of hydrogen-bond donors (Lipinski definition) is 0. The predicted molar refractivity (Wildman–Crippen MR) is 80.3 cm³/mol. The van der Waals surface area contributed by atoms with Gasteiger partial charge in [0.2, 0.25) is 0 Å². The van der Waals surface area contributed by atoms with Crippen LogP contribution in [-0.2, 0) is 9.31 Å². The molecule has 0 amide bonds. The molecule has 0 saturated heterocycles. The van der Waals surface area contributed by atoms with E-state index < -0.39 is 0 Å². The van der Waals surface area contributed by atoms with Crippen molar-refractivity contribution in [2.45, 2.75) is 0 Å². The highest BCUT2D eigenvalue weighted by atomic mass is 16.6. The van der Waals surface area contributed by atoms with E-state index in [1.54, 1.807) is 0 Å². The van der Waals surface area contributed by atoms with E-state index in [2.05, 4.69) is 13.2 Å². The Hall–Kier alpha value is -2.42. The van der Waals surface area contributed by atoms with Crippen LogP contribution in [0.4, 0.5) is 0 Å². The number of benzene rings is 2. The molecule has 2 nitrogen and oxygen atoms in total. The Morgan fingerprint density at radius 3 is 1.42 bits per heavy atom. The van der Waals surface area contributed by atoms with Crippen molar-refractivity contribution in [1.29, 1.82) is 0 Å². The smallest absolute Gasteiger partial charge is 0.529 e. The maximum absolute atomic E-state index is 5.44. The van der Waals surface area contributed by atoms with Gasteiger partial charge in [-0.25, -0.2) is 0 Å². The molecule has 19 heavy (non-hydrogen) atoms. The number of rotatable bonds is 6. The first-order chi connectivity index (χ1) is 9.27. The van der Waals surface area contributed by atoms with E-state index in [0.29, 0.717) is 11.5 Å². The monoisotopic (exact) mass is 250 g/mol. The molecule has 0 heterocycles. The largest absolute Gasteiger partial charge is 0.576 e. The molecule has 0 aliphatic carbocycles. The van der Waals surface area contributed by atoms with E-state index in [-0.39, 0.29) is 7.69 Å². The van der Waals surface area contributed by atoms with Crippen molar-refractivity contribution in [3.05, 3.63) is 84.9 Å². The van der Waals surface area contributed by atoms with Gasteiger partial charge in [0.05, 0.1) is 0 Å². The summed E-state index contributed by atoms with van der Waals surface area (Å²) in [7, 11) is 0.0987. The molecule has 0 fully saturated rings. The molecule has 0 aliphatic heterocycles. The van der Waals surface area contributed by atoms with Crippen molar-refractivity contribution in [3.63, 3.8) is 0 Å². The fourth-order valence-electron chi connectivity index (χ4n) is 1.59. The molecule has 0 unspecified atom stereocenters. The minimum Gasteiger partial charge on any atom is -0.529 e. The van der Waals surface area contributed by atoms with Crippen molar-refractivity contribution in [2.24, 2.45) is 0 Å². The molecule has 2 rings (SSSR count). The average Bonchev–Trinajstić information content (AvgIpc) is 2.49. The van der Waals surface area contributed by atoms with Crippen LogP contribution in [-0.4, -0.2) is 7.69 Å². The molecule has 2 aromatic rings. The molecule has 0 spiro atoms. The summed E-state index contributed by atoms with van der Waals surface area (Å²) in [5.41, 5.74) is 1.88. The summed E-state index contributed by atoms with van der Waals surface area (Å²) in [6, 6.07) is 19.4. The quantitative estimate of drug-likeness (QED) is 0.575. The fraction of sp³-hybridized carbons (Fsp3) is 0. The lowest BCUT2D eigenvalue weighted by Gasteiger charge is -2.11. The Bertz CT molecular complexity index is 498. The summed E-state index contributed by atoms with van der Waals surface area (Å²) in [5, 5.41) is 0. The summed E-state index contributed by atoms with van der Waals surface area (Å²) < 4.78 is 10.9. The van der Waals surface area contributed by atoms with Gasteiger partial charge in [0.1, 0.15) is 11.5 Å². The molecule has 2 aromatic carbocycles. The third kappa shape index (κ3) is 3.78. The maximum atomic E-state index is 5.44. The van der Waals surface area contributed by atoms with Gasteiger partial charge in [-0.3, -0.25) is 0 Å². The molecule has 94 valence electrons. The molecule has 3 heteroatoms. The van der Waals surface area contributed by atoms with Gasteiger partial charge < -0.3 is 9.31 Å². The van der Waals surface area contributed by atoms with Crippen LogP contribution in [0.3, 0.4) is 0 Å². The highest BCUT2D eigenvalue weighted by Crippen LogP contribution is 2.15. The van der Waals surface area contributed by atoms with Gasteiger partial charge in [-0.15, -0.1) is 0 Å². The summed E-state index contributed by atoms with van der Waals surface area (Å²) in [4.78, 5) is 0. The fourth-order valence-corrected chi connectivity index (χ4v) is 1.59. The Balaban J connectivity index is 1.81. The zero-order valence-electron chi connectivity index (χ0n) is 10.7. The minimum atomic E-state index is 0.0987.